The van der Waals surface area contributed by atoms with Crippen molar-refractivity contribution >= 4 is 25.8 Å². The summed E-state index contributed by atoms with van der Waals surface area (Å²) in [5.74, 6) is 0. The molecular weight excluding hydrogens is 351 g/mol. The first-order valence-electron chi connectivity index (χ1n) is 0.289. The fraction of sp³-hybridized carbons (Fsp3) is 0. The fourth-order valence-corrected chi connectivity index (χ4v) is 0. The van der Waals surface area contributed by atoms with Gasteiger partial charge in [0, 0.05) is 22.4 Å². The third-order valence-electron chi connectivity index (χ3n) is 0. The Morgan fingerprint density at radius 2 is 1.25 bits per heavy atom. The summed E-state index contributed by atoms with van der Waals surface area (Å²) in [5.41, 5.74) is 0. The van der Waals surface area contributed by atoms with Crippen LogP contribution < -0.4 is 0 Å². The Morgan fingerprint density at radius 1 is 1.25 bits per heavy atom. The zero-order valence-corrected chi connectivity index (χ0v) is 6.94. The minimum atomic E-state index is -0.1000. The normalized spacial score (nSPS) is 1.50. The molecule has 0 aliphatic heterocycles. The number of hydrogen-bond acceptors (Lipinski definition) is 1. The van der Waals surface area contributed by atoms with Crippen LogP contribution in [0, 0.1) is 0 Å². The SMILES string of the molecule is [Ag].[InH3].[O]=[Cd]. The molecule has 4 heteroatoms. The van der Waals surface area contributed by atoms with E-state index in [-0.39, 0.29) is 74.0 Å². The van der Waals surface area contributed by atoms with Crippen molar-refractivity contribution in [3.8, 4) is 0 Å². The summed E-state index contributed by atoms with van der Waals surface area (Å²) in [6, 6.07) is 0. The number of rotatable bonds is 0. The molecule has 0 amide bonds. The Hall–Kier alpha value is 2.33. The standard InChI is InChI=1S/Ag.Cd.In.O.3H. The van der Waals surface area contributed by atoms with Gasteiger partial charge in [0.2, 0.25) is 0 Å². The Kier molecular flexibility index (Phi) is 74.6. The van der Waals surface area contributed by atoms with Crippen LogP contribution in [0.1, 0.15) is 0 Å². The van der Waals surface area contributed by atoms with Crippen molar-refractivity contribution in [2.45, 2.75) is 0 Å². The van der Waals surface area contributed by atoms with E-state index in [0.29, 0.717) is 0 Å². The maximum absolute atomic E-state index is 8.42. The molecule has 0 saturated heterocycles. The van der Waals surface area contributed by atoms with E-state index in [4.69, 9.17) is 2.69 Å². The van der Waals surface area contributed by atoms with Crippen LogP contribution in [0.4, 0.5) is 0 Å². The van der Waals surface area contributed by atoms with Gasteiger partial charge in [0.1, 0.15) is 0 Å². The molecule has 0 bridgehead atoms. The molecule has 0 saturated carbocycles. The first-order chi connectivity index (χ1) is 1.00. The first kappa shape index (κ1) is 16.2. The summed E-state index contributed by atoms with van der Waals surface area (Å²) < 4.78 is 8.42. The molecule has 0 heterocycles. The van der Waals surface area contributed by atoms with E-state index < -0.39 is 0 Å². The molecule has 0 aromatic heterocycles. The maximum atomic E-state index is 8.42. The van der Waals surface area contributed by atoms with Gasteiger partial charge in [0.05, 0.1) is 0 Å². The van der Waals surface area contributed by atoms with E-state index in [0.717, 1.165) is 0 Å². The fourth-order valence-electron chi connectivity index (χ4n) is 0. The number of hydrogen-bond donors (Lipinski definition) is 0. The average Bonchev–Trinajstić information content (AvgIpc) is 1.00. The predicted molar refractivity (Wildman–Crippen MR) is 10.6 cm³/mol. The minimum absolute atomic E-state index is 0. The second kappa shape index (κ2) is 18.4. The summed E-state index contributed by atoms with van der Waals surface area (Å²) in [5, 5.41) is 0. The molecule has 0 aliphatic rings. The summed E-state index contributed by atoms with van der Waals surface area (Å²) in [6.45, 7) is 0. The van der Waals surface area contributed by atoms with Crippen molar-refractivity contribution in [2.24, 2.45) is 0 Å². The van der Waals surface area contributed by atoms with Crippen LogP contribution >= 0.6 is 0 Å². The molecule has 1 nitrogen and oxygen atoms in total. The monoisotopic (exact) mass is 355 g/mol. The summed E-state index contributed by atoms with van der Waals surface area (Å²) >= 11 is -0.1000. The van der Waals surface area contributed by atoms with Crippen LogP contribution in [-0.4, -0.2) is 25.8 Å². The quantitative estimate of drug-likeness (QED) is 0.494. The summed E-state index contributed by atoms with van der Waals surface area (Å²) in [4.78, 5) is 0. The summed E-state index contributed by atoms with van der Waals surface area (Å²) in [6.07, 6.45) is 0. The Labute approximate surface area is 75.4 Å². The van der Waals surface area contributed by atoms with Gasteiger partial charge in [-0.3, -0.25) is 0 Å². The van der Waals surface area contributed by atoms with E-state index in [1.165, 1.54) is 0 Å². The molecular formula is H3AgCdInO. The predicted octanol–water partition coefficient (Wildman–Crippen LogP) is -1.31. The molecule has 0 aromatic rings. The molecule has 1 radical (unpaired) electrons. The van der Waals surface area contributed by atoms with Crippen LogP contribution in [0.3, 0.4) is 0 Å². The Balaban J connectivity index is -0.00000000500. The van der Waals surface area contributed by atoms with Crippen molar-refractivity contribution in [3.05, 3.63) is 0 Å². The molecule has 0 unspecified atom stereocenters. The van der Waals surface area contributed by atoms with Crippen molar-refractivity contribution in [1.82, 2.24) is 0 Å². The topological polar surface area (TPSA) is 17.1 Å². The molecule has 0 aliphatic carbocycles. The second-order valence-corrected chi connectivity index (χ2v) is 0. The van der Waals surface area contributed by atoms with Gasteiger partial charge in [-0.25, -0.2) is 0 Å². The molecule has 0 fully saturated rings. The van der Waals surface area contributed by atoms with Crippen LogP contribution in [0.2, 0.25) is 0 Å². The average molecular weight is 354 g/mol. The van der Waals surface area contributed by atoms with Gasteiger partial charge in [0.25, 0.3) is 0 Å². The van der Waals surface area contributed by atoms with Gasteiger partial charge in [0.15, 0.2) is 0 Å². The van der Waals surface area contributed by atoms with E-state index in [1.54, 1.807) is 0 Å². The van der Waals surface area contributed by atoms with E-state index >= 15 is 0 Å². The van der Waals surface area contributed by atoms with Crippen molar-refractivity contribution in [1.29, 1.82) is 0 Å². The van der Waals surface area contributed by atoms with E-state index in [2.05, 4.69) is 0 Å². The van der Waals surface area contributed by atoms with Crippen LogP contribution in [0.15, 0.2) is 0 Å². The summed E-state index contributed by atoms with van der Waals surface area (Å²) in [7, 11) is 0. The zero-order valence-electron chi connectivity index (χ0n) is 1.42. The third kappa shape index (κ3) is 8.84. The second-order valence-electron chi connectivity index (χ2n) is 0. The van der Waals surface area contributed by atoms with Crippen LogP contribution in [0.25, 0.3) is 0 Å². The molecule has 0 aromatic carbocycles. The van der Waals surface area contributed by atoms with Gasteiger partial charge in [-0.1, -0.05) is 0 Å². The molecule has 4 heavy (non-hydrogen) atoms. The zero-order chi connectivity index (χ0) is 2.00. The third-order valence-corrected chi connectivity index (χ3v) is 0. The van der Waals surface area contributed by atoms with E-state index in [9.17, 15) is 0 Å². The molecule has 0 atom stereocenters. The van der Waals surface area contributed by atoms with Crippen LogP contribution in [0.5, 0.6) is 0 Å². The van der Waals surface area contributed by atoms with E-state index in [1.807, 2.05) is 0 Å². The van der Waals surface area contributed by atoms with Gasteiger partial charge < -0.3 is 0 Å². The first-order valence-corrected chi connectivity index (χ1v) is 1.94. The molecule has 0 spiro atoms. The van der Waals surface area contributed by atoms with Gasteiger partial charge in [-0.2, -0.15) is 0 Å². The van der Waals surface area contributed by atoms with Crippen molar-refractivity contribution in [2.75, 3.05) is 0 Å². The molecule has 0 rings (SSSR count). The van der Waals surface area contributed by atoms with Gasteiger partial charge in [-0.15, -0.1) is 0 Å². The Bertz CT molecular complexity index is 8.00. The van der Waals surface area contributed by atoms with Gasteiger partial charge in [-0.05, 0) is 0 Å². The molecule has 0 N–H and O–H groups in total. The van der Waals surface area contributed by atoms with Gasteiger partial charge >= 0.3 is 54.3 Å². The molecule has 25 valence electrons. The van der Waals surface area contributed by atoms with Crippen molar-refractivity contribution in [3.63, 3.8) is 0 Å². The van der Waals surface area contributed by atoms with Crippen LogP contribution in [-0.2, 0) is 50.8 Å². The Morgan fingerprint density at radius 3 is 1.25 bits per heavy atom. The van der Waals surface area contributed by atoms with Crippen molar-refractivity contribution < 1.29 is 50.8 Å².